The van der Waals surface area contributed by atoms with Crippen LogP contribution < -0.4 is 10.0 Å². The highest BCUT2D eigenvalue weighted by molar-refractivity contribution is 7.92. The average Bonchev–Trinajstić information content (AvgIpc) is 2.43. The molecule has 112 valence electrons. The van der Waals surface area contributed by atoms with E-state index in [9.17, 15) is 12.8 Å². The maximum absolute atomic E-state index is 13.3. The van der Waals surface area contributed by atoms with Crippen LogP contribution in [0.3, 0.4) is 0 Å². The molecule has 0 atom stereocenters. The van der Waals surface area contributed by atoms with Crippen molar-refractivity contribution in [3.63, 3.8) is 0 Å². The second-order valence-corrected chi connectivity index (χ2v) is 6.10. The van der Waals surface area contributed by atoms with Crippen LogP contribution in [0.4, 0.5) is 15.9 Å². The van der Waals surface area contributed by atoms with E-state index in [0.717, 1.165) is 6.07 Å². The van der Waals surface area contributed by atoms with Crippen molar-refractivity contribution in [2.24, 2.45) is 0 Å². The quantitative estimate of drug-likeness (QED) is 0.891. The van der Waals surface area contributed by atoms with Crippen molar-refractivity contribution < 1.29 is 12.8 Å². The molecule has 0 amide bonds. The van der Waals surface area contributed by atoms with Crippen LogP contribution in [-0.2, 0) is 10.0 Å². The van der Waals surface area contributed by atoms with Crippen LogP contribution in [0.25, 0.3) is 0 Å². The Labute approximate surface area is 123 Å². The monoisotopic (exact) mass is 309 g/mol. The summed E-state index contributed by atoms with van der Waals surface area (Å²) >= 11 is 0. The van der Waals surface area contributed by atoms with E-state index in [1.165, 1.54) is 30.5 Å². The van der Waals surface area contributed by atoms with Crippen molar-refractivity contribution in [1.82, 2.24) is 4.98 Å². The molecule has 2 aromatic rings. The van der Waals surface area contributed by atoms with E-state index in [2.05, 4.69) is 15.0 Å². The lowest BCUT2D eigenvalue weighted by Crippen LogP contribution is -2.17. The summed E-state index contributed by atoms with van der Waals surface area (Å²) in [5, 5.41) is 2.89. The van der Waals surface area contributed by atoms with E-state index < -0.39 is 15.8 Å². The lowest BCUT2D eigenvalue weighted by molar-refractivity contribution is 0.601. The molecule has 0 saturated heterocycles. The summed E-state index contributed by atoms with van der Waals surface area (Å²) in [6, 6.07) is 6.93. The normalized spacial score (nSPS) is 11.2. The number of hydrogen-bond acceptors (Lipinski definition) is 4. The summed E-state index contributed by atoms with van der Waals surface area (Å²) in [5.41, 5.74) is 0.843. The van der Waals surface area contributed by atoms with E-state index >= 15 is 0 Å². The van der Waals surface area contributed by atoms with Gasteiger partial charge in [-0.05, 0) is 43.7 Å². The van der Waals surface area contributed by atoms with E-state index in [1.807, 2.05) is 6.92 Å². The highest BCUT2D eigenvalue weighted by atomic mass is 32.2. The molecule has 0 bridgehead atoms. The van der Waals surface area contributed by atoms with E-state index in [4.69, 9.17) is 0 Å². The number of rotatable bonds is 5. The largest absolute Gasteiger partial charge is 0.369 e. The van der Waals surface area contributed by atoms with Gasteiger partial charge in [-0.2, -0.15) is 0 Å². The molecule has 0 aliphatic heterocycles. The molecular weight excluding hydrogens is 293 g/mol. The van der Waals surface area contributed by atoms with Gasteiger partial charge in [-0.1, -0.05) is 6.07 Å². The Hall–Kier alpha value is -2.15. The lowest BCUT2D eigenvalue weighted by atomic mass is 10.2. The molecule has 0 unspecified atom stereocenters. The van der Waals surface area contributed by atoms with Crippen molar-refractivity contribution in [2.45, 2.75) is 18.7 Å². The standard InChI is InChI=1S/C14H16FN3O2S/c1-3-16-14-13(5-4-8-17-14)21(19,20)18-12-9-11(15)7-6-10(12)2/h4-9,18H,3H2,1-2H3,(H,16,17). The van der Waals surface area contributed by atoms with Gasteiger partial charge in [0.15, 0.2) is 0 Å². The van der Waals surface area contributed by atoms with Crippen LogP contribution in [0.2, 0.25) is 0 Å². The molecule has 0 spiro atoms. The third-order valence-corrected chi connectivity index (χ3v) is 4.25. The highest BCUT2D eigenvalue weighted by Gasteiger charge is 2.20. The minimum Gasteiger partial charge on any atom is -0.369 e. The van der Waals surface area contributed by atoms with Crippen molar-refractivity contribution in [3.05, 3.63) is 47.9 Å². The van der Waals surface area contributed by atoms with Gasteiger partial charge in [-0.25, -0.2) is 17.8 Å². The van der Waals surface area contributed by atoms with Crippen LogP contribution in [0, 0.1) is 12.7 Å². The fourth-order valence-electron chi connectivity index (χ4n) is 1.81. The summed E-state index contributed by atoms with van der Waals surface area (Å²) in [4.78, 5) is 4.04. The number of aromatic nitrogens is 1. The molecular formula is C14H16FN3O2S. The number of aryl methyl sites for hydroxylation is 1. The molecule has 2 N–H and O–H groups in total. The van der Waals surface area contributed by atoms with Crippen LogP contribution in [0.15, 0.2) is 41.4 Å². The van der Waals surface area contributed by atoms with Crippen LogP contribution in [0.5, 0.6) is 0 Å². The van der Waals surface area contributed by atoms with Gasteiger partial charge in [0, 0.05) is 12.7 Å². The van der Waals surface area contributed by atoms with E-state index in [1.54, 1.807) is 6.92 Å². The minimum absolute atomic E-state index is 0.0236. The highest BCUT2D eigenvalue weighted by Crippen LogP contribution is 2.24. The Kier molecular flexibility index (Phi) is 4.42. The smallest absolute Gasteiger partial charge is 0.265 e. The topological polar surface area (TPSA) is 71.1 Å². The second-order valence-electron chi connectivity index (χ2n) is 4.45. The molecule has 0 radical (unpaired) electrons. The molecule has 0 saturated carbocycles. The number of pyridine rings is 1. The molecule has 2 rings (SSSR count). The molecule has 0 aliphatic rings. The number of benzene rings is 1. The molecule has 1 heterocycles. The van der Waals surface area contributed by atoms with Crippen LogP contribution >= 0.6 is 0 Å². The van der Waals surface area contributed by atoms with Gasteiger partial charge in [-0.3, -0.25) is 4.72 Å². The first-order valence-electron chi connectivity index (χ1n) is 6.42. The lowest BCUT2D eigenvalue weighted by Gasteiger charge is -2.13. The summed E-state index contributed by atoms with van der Waals surface area (Å²) in [6.45, 7) is 4.08. The molecule has 0 aliphatic carbocycles. The van der Waals surface area contributed by atoms with Gasteiger partial charge in [0.25, 0.3) is 10.0 Å². The number of anilines is 2. The number of nitrogens with zero attached hydrogens (tertiary/aromatic N) is 1. The maximum Gasteiger partial charge on any atom is 0.265 e. The van der Waals surface area contributed by atoms with Crippen molar-refractivity contribution >= 4 is 21.5 Å². The van der Waals surface area contributed by atoms with Crippen molar-refractivity contribution in [3.8, 4) is 0 Å². The van der Waals surface area contributed by atoms with Gasteiger partial charge in [0.1, 0.15) is 16.5 Å². The maximum atomic E-state index is 13.3. The predicted molar refractivity (Wildman–Crippen MR) is 80.3 cm³/mol. The summed E-state index contributed by atoms with van der Waals surface area (Å²) in [7, 11) is -3.85. The number of halogens is 1. The Morgan fingerprint density at radius 1 is 1.29 bits per heavy atom. The van der Waals surface area contributed by atoms with Gasteiger partial charge < -0.3 is 5.32 Å². The fourth-order valence-corrected chi connectivity index (χ4v) is 3.07. The summed E-state index contributed by atoms with van der Waals surface area (Å²) in [6.07, 6.45) is 1.50. The zero-order valence-corrected chi connectivity index (χ0v) is 12.5. The first-order valence-corrected chi connectivity index (χ1v) is 7.90. The second kappa shape index (κ2) is 6.09. The Bertz CT molecular complexity index is 748. The van der Waals surface area contributed by atoms with Crippen molar-refractivity contribution in [2.75, 3.05) is 16.6 Å². The molecule has 7 heteroatoms. The van der Waals surface area contributed by atoms with Crippen LogP contribution in [-0.4, -0.2) is 19.9 Å². The Morgan fingerprint density at radius 3 is 2.76 bits per heavy atom. The van der Waals surface area contributed by atoms with E-state index in [0.29, 0.717) is 12.1 Å². The molecule has 1 aromatic carbocycles. The zero-order chi connectivity index (χ0) is 15.5. The third kappa shape index (κ3) is 3.49. The molecule has 21 heavy (non-hydrogen) atoms. The summed E-state index contributed by atoms with van der Waals surface area (Å²) in [5.74, 6) is -0.238. The Balaban J connectivity index is 2.41. The molecule has 5 nitrogen and oxygen atoms in total. The van der Waals surface area contributed by atoms with Crippen molar-refractivity contribution in [1.29, 1.82) is 0 Å². The first-order chi connectivity index (χ1) is 9.94. The van der Waals surface area contributed by atoms with E-state index in [-0.39, 0.29) is 16.4 Å². The third-order valence-electron chi connectivity index (χ3n) is 2.85. The minimum atomic E-state index is -3.85. The van der Waals surface area contributed by atoms with Gasteiger partial charge in [-0.15, -0.1) is 0 Å². The van der Waals surface area contributed by atoms with Gasteiger partial charge >= 0.3 is 0 Å². The number of sulfonamides is 1. The molecule has 1 aromatic heterocycles. The number of hydrogen-bond donors (Lipinski definition) is 2. The van der Waals surface area contributed by atoms with Crippen LogP contribution in [0.1, 0.15) is 12.5 Å². The van der Waals surface area contributed by atoms with Gasteiger partial charge in [0.05, 0.1) is 5.69 Å². The predicted octanol–water partition coefficient (Wildman–Crippen LogP) is 2.76. The zero-order valence-electron chi connectivity index (χ0n) is 11.7. The fraction of sp³-hybridized carbons (Fsp3) is 0.214. The van der Waals surface area contributed by atoms with Gasteiger partial charge in [0.2, 0.25) is 0 Å². The number of nitrogens with one attached hydrogen (secondary N) is 2. The first kappa shape index (κ1) is 15.2. The Morgan fingerprint density at radius 2 is 2.05 bits per heavy atom. The SMILES string of the molecule is CCNc1ncccc1S(=O)(=O)Nc1cc(F)ccc1C. The summed E-state index contributed by atoms with van der Waals surface area (Å²) < 4.78 is 40.6. The molecule has 0 fully saturated rings. The average molecular weight is 309 g/mol.